The highest BCUT2D eigenvalue weighted by molar-refractivity contribution is 7.26. The zero-order valence-electron chi connectivity index (χ0n) is 29.5. The van der Waals surface area contributed by atoms with E-state index in [4.69, 9.17) is 9.40 Å². The molecule has 4 nitrogen and oxygen atoms in total. The standard InChI is InChI=1S/C49H31N3OS2/c1-4-16-32(17-5-1)49-50-46-42(52(34-20-8-3-9-21-34)41-27-15-25-39-37-23-11-13-29-45(37)55-48(39)41)30-35(31-43(46)53-49)51(33-18-6-2-7-19-33)40-26-14-24-38-36-22-10-12-28-44(36)54-47(38)40/h1-31H. The summed E-state index contributed by atoms with van der Waals surface area (Å²) in [4.78, 5) is 10.0. The van der Waals surface area contributed by atoms with Crippen LogP contribution in [0.5, 0.6) is 0 Å². The van der Waals surface area contributed by atoms with Gasteiger partial charge in [-0.05, 0) is 66.7 Å². The number of hydrogen-bond donors (Lipinski definition) is 0. The number of nitrogens with zero attached hydrogens (tertiary/aromatic N) is 3. The van der Waals surface area contributed by atoms with Gasteiger partial charge >= 0.3 is 0 Å². The van der Waals surface area contributed by atoms with Crippen LogP contribution >= 0.6 is 22.7 Å². The molecule has 11 aromatic rings. The molecule has 8 aromatic carbocycles. The Bertz CT molecular complexity index is 3170. The zero-order valence-corrected chi connectivity index (χ0v) is 31.1. The first kappa shape index (κ1) is 31.8. The van der Waals surface area contributed by atoms with Crippen LogP contribution in [0.15, 0.2) is 192 Å². The second-order valence-electron chi connectivity index (χ2n) is 13.5. The Morgan fingerprint density at radius 2 is 0.891 bits per heavy atom. The lowest BCUT2D eigenvalue weighted by atomic mass is 10.1. The van der Waals surface area contributed by atoms with E-state index < -0.39 is 0 Å². The number of hydrogen-bond acceptors (Lipinski definition) is 6. The molecule has 3 heterocycles. The number of anilines is 6. The molecule has 0 saturated heterocycles. The third kappa shape index (κ3) is 5.29. The molecule has 0 fully saturated rings. The van der Waals surface area contributed by atoms with Crippen LogP contribution in [0.4, 0.5) is 34.1 Å². The first-order valence-electron chi connectivity index (χ1n) is 18.3. The largest absolute Gasteiger partial charge is 0.436 e. The van der Waals surface area contributed by atoms with Crippen LogP contribution in [0.1, 0.15) is 0 Å². The molecule has 0 aliphatic carbocycles. The van der Waals surface area contributed by atoms with Crippen LogP contribution < -0.4 is 9.80 Å². The number of aromatic nitrogens is 1. The summed E-state index contributed by atoms with van der Waals surface area (Å²) in [6.07, 6.45) is 0. The van der Waals surface area contributed by atoms with E-state index in [0.29, 0.717) is 11.5 Å². The number of benzene rings is 8. The molecule has 6 heteroatoms. The molecule has 0 aliphatic heterocycles. The van der Waals surface area contributed by atoms with Gasteiger partial charge in [0, 0.05) is 53.9 Å². The smallest absolute Gasteiger partial charge is 0.227 e. The Balaban J connectivity index is 1.23. The molecule has 0 saturated carbocycles. The Morgan fingerprint density at radius 1 is 0.400 bits per heavy atom. The van der Waals surface area contributed by atoms with E-state index in [1.54, 1.807) is 0 Å². The van der Waals surface area contributed by atoms with Crippen LogP contribution in [-0.2, 0) is 0 Å². The van der Waals surface area contributed by atoms with Gasteiger partial charge in [-0.3, -0.25) is 0 Å². The van der Waals surface area contributed by atoms with Crippen LogP contribution in [0.25, 0.3) is 62.9 Å². The van der Waals surface area contributed by atoms with Crippen LogP contribution in [0.3, 0.4) is 0 Å². The summed E-state index contributed by atoms with van der Waals surface area (Å²) in [7, 11) is 0. The highest BCUT2D eigenvalue weighted by Crippen LogP contribution is 2.50. The summed E-state index contributed by atoms with van der Waals surface area (Å²) >= 11 is 3.66. The molecule has 55 heavy (non-hydrogen) atoms. The van der Waals surface area contributed by atoms with E-state index in [9.17, 15) is 0 Å². The maximum absolute atomic E-state index is 6.79. The number of para-hydroxylation sites is 2. The molecule has 0 atom stereocenters. The van der Waals surface area contributed by atoms with E-state index in [0.717, 1.165) is 45.2 Å². The number of rotatable bonds is 7. The fraction of sp³-hybridized carbons (Fsp3) is 0. The predicted octanol–water partition coefficient (Wildman–Crippen LogP) is 15.2. The average Bonchev–Trinajstić information content (AvgIpc) is 3.97. The molecule has 0 radical (unpaired) electrons. The quantitative estimate of drug-likeness (QED) is 0.163. The Labute approximate surface area is 325 Å². The summed E-state index contributed by atoms with van der Waals surface area (Å²) in [6.45, 7) is 0. The Morgan fingerprint density at radius 3 is 1.49 bits per heavy atom. The predicted molar refractivity (Wildman–Crippen MR) is 235 cm³/mol. The maximum Gasteiger partial charge on any atom is 0.227 e. The molecule has 0 aliphatic rings. The number of thiophene rings is 2. The van der Waals surface area contributed by atoms with Crippen molar-refractivity contribution < 1.29 is 4.42 Å². The van der Waals surface area contributed by atoms with Gasteiger partial charge in [0.2, 0.25) is 5.89 Å². The third-order valence-corrected chi connectivity index (χ3v) is 12.7. The molecule has 0 spiro atoms. The van der Waals surface area contributed by atoms with Gasteiger partial charge in [0.05, 0.1) is 32.1 Å². The molecule has 0 amide bonds. The Hall–Kier alpha value is -6.73. The van der Waals surface area contributed by atoms with E-state index in [1.807, 2.05) is 40.9 Å². The fourth-order valence-electron chi connectivity index (χ4n) is 7.81. The molecule has 0 N–H and O–H groups in total. The molecule has 0 bridgehead atoms. The number of fused-ring (bicyclic) bond motifs is 7. The highest BCUT2D eigenvalue weighted by Gasteiger charge is 2.26. The van der Waals surface area contributed by atoms with Gasteiger partial charge in [0.15, 0.2) is 5.58 Å². The van der Waals surface area contributed by atoms with E-state index in [2.05, 4.69) is 180 Å². The summed E-state index contributed by atoms with van der Waals surface area (Å²) < 4.78 is 11.8. The molecular formula is C49H31N3OS2. The SMILES string of the molecule is c1ccc(-c2nc3c(N(c4ccccc4)c4cccc5c4sc4ccccc45)cc(N(c4ccccc4)c4cccc5c4sc4ccccc45)cc3o2)cc1. The van der Waals surface area contributed by atoms with Crippen molar-refractivity contribution in [2.45, 2.75) is 0 Å². The minimum absolute atomic E-state index is 0.583. The summed E-state index contributed by atoms with van der Waals surface area (Å²) in [5.41, 5.74) is 8.61. The Kier molecular flexibility index (Phi) is 7.50. The fourth-order valence-corrected chi connectivity index (χ4v) is 10.2. The van der Waals surface area contributed by atoms with Gasteiger partial charge in [-0.15, -0.1) is 22.7 Å². The lowest BCUT2D eigenvalue weighted by Crippen LogP contribution is -2.14. The van der Waals surface area contributed by atoms with Crippen LogP contribution in [0.2, 0.25) is 0 Å². The minimum Gasteiger partial charge on any atom is -0.436 e. The van der Waals surface area contributed by atoms with Crippen molar-refractivity contribution in [2.75, 3.05) is 9.80 Å². The topological polar surface area (TPSA) is 32.5 Å². The van der Waals surface area contributed by atoms with Gasteiger partial charge in [0.1, 0.15) is 5.52 Å². The average molecular weight is 742 g/mol. The van der Waals surface area contributed by atoms with Crippen molar-refractivity contribution >= 4 is 108 Å². The van der Waals surface area contributed by atoms with Crippen molar-refractivity contribution in [3.8, 4) is 11.5 Å². The van der Waals surface area contributed by atoms with Crippen LogP contribution in [0, 0.1) is 0 Å². The minimum atomic E-state index is 0.583. The highest BCUT2D eigenvalue weighted by atomic mass is 32.1. The van der Waals surface area contributed by atoms with Crippen molar-refractivity contribution in [1.82, 2.24) is 4.98 Å². The second-order valence-corrected chi connectivity index (χ2v) is 15.6. The zero-order chi connectivity index (χ0) is 36.3. The maximum atomic E-state index is 6.79. The van der Waals surface area contributed by atoms with Crippen molar-refractivity contribution in [1.29, 1.82) is 0 Å². The van der Waals surface area contributed by atoms with Crippen LogP contribution in [-0.4, -0.2) is 4.98 Å². The summed E-state index contributed by atoms with van der Waals surface area (Å²) in [5, 5.41) is 5.01. The third-order valence-electron chi connectivity index (χ3n) is 10.3. The van der Waals surface area contributed by atoms with Gasteiger partial charge < -0.3 is 14.2 Å². The summed E-state index contributed by atoms with van der Waals surface area (Å²) in [6, 6.07) is 66.5. The lowest BCUT2D eigenvalue weighted by molar-refractivity contribution is 0.620. The number of oxazole rings is 1. The van der Waals surface area contributed by atoms with Crippen molar-refractivity contribution in [3.63, 3.8) is 0 Å². The van der Waals surface area contributed by atoms with E-state index >= 15 is 0 Å². The monoisotopic (exact) mass is 741 g/mol. The molecule has 11 rings (SSSR count). The molecule has 3 aromatic heterocycles. The van der Waals surface area contributed by atoms with E-state index in [-0.39, 0.29) is 0 Å². The lowest BCUT2D eigenvalue weighted by Gasteiger charge is -2.30. The normalized spacial score (nSPS) is 11.6. The first-order chi connectivity index (χ1) is 27.3. The van der Waals surface area contributed by atoms with Gasteiger partial charge in [-0.1, -0.05) is 115 Å². The van der Waals surface area contributed by atoms with Crippen molar-refractivity contribution in [3.05, 3.63) is 188 Å². The van der Waals surface area contributed by atoms with Gasteiger partial charge in [-0.2, -0.15) is 0 Å². The molecular weight excluding hydrogens is 711 g/mol. The first-order valence-corrected chi connectivity index (χ1v) is 19.9. The van der Waals surface area contributed by atoms with Gasteiger partial charge in [0.25, 0.3) is 0 Å². The van der Waals surface area contributed by atoms with Gasteiger partial charge in [-0.25, -0.2) is 4.98 Å². The molecule has 260 valence electrons. The van der Waals surface area contributed by atoms with Crippen molar-refractivity contribution in [2.24, 2.45) is 0 Å². The molecule has 0 unspecified atom stereocenters. The summed E-state index contributed by atoms with van der Waals surface area (Å²) in [5.74, 6) is 0.583. The second kappa shape index (κ2) is 13.0. The van der Waals surface area contributed by atoms with E-state index in [1.165, 1.54) is 40.3 Å².